The predicted molar refractivity (Wildman–Crippen MR) is 124 cm³/mol. The second-order valence-corrected chi connectivity index (χ2v) is 7.93. The molecule has 0 saturated carbocycles. The van der Waals surface area contributed by atoms with Gasteiger partial charge in [-0.3, -0.25) is 0 Å². The average molecular weight is 405 g/mol. The Morgan fingerprint density at radius 1 is 1.07 bits per heavy atom. The number of nitrogens with zero attached hydrogens (tertiary/aromatic N) is 2. The number of rotatable bonds is 3. The van der Waals surface area contributed by atoms with E-state index >= 15 is 0 Å². The first-order valence-electron chi connectivity index (χ1n) is 13.3. The SMILES string of the molecule is [2H]c1c(C([2H])(C)C([2H])([2H])[2H])c([2H])c(-c2c(C)ccc3c2oc2c([N+]#[C-])c(C([2H])(C)C)ccc23)[n+](C)c1C. The molecule has 4 rings (SSSR count). The summed E-state index contributed by atoms with van der Waals surface area (Å²) in [6.07, 6.45) is 0. The second kappa shape index (κ2) is 7.29. The molecule has 0 spiro atoms. The van der Waals surface area contributed by atoms with Gasteiger partial charge >= 0.3 is 0 Å². The fourth-order valence-corrected chi connectivity index (χ4v) is 3.88. The first-order valence-corrected chi connectivity index (χ1v) is 9.82. The van der Waals surface area contributed by atoms with Gasteiger partial charge in [-0.05, 0) is 35.4 Å². The number of hydrogen-bond acceptors (Lipinski definition) is 1. The van der Waals surface area contributed by atoms with Crippen molar-refractivity contribution in [3.05, 3.63) is 70.2 Å². The van der Waals surface area contributed by atoms with Gasteiger partial charge in [0.25, 0.3) is 0 Å². The first kappa shape index (κ1) is 13.2. The fraction of sp³-hybridized carbons (Fsp3) is 0.333. The lowest BCUT2D eigenvalue weighted by Crippen LogP contribution is -2.35. The number of aryl methyl sites for hydroxylation is 1. The lowest BCUT2D eigenvalue weighted by molar-refractivity contribution is -0.666. The fourth-order valence-electron chi connectivity index (χ4n) is 3.88. The quantitative estimate of drug-likeness (QED) is 0.256. The van der Waals surface area contributed by atoms with E-state index in [1.165, 1.54) is 6.92 Å². The average Bonchev–Trinajstić information content (AvgIpc) is 3.15. The van der Waals surface area contributed by atoms with Crippen LogP contribution in [0, 0.1) is 20.4 Å². The van der Waals surface area contributed by atoms with Crippen LogP contribution in [0.5, 0.6) is 0 Å². The van der Waals surface area contributed by atoms with Crippen LogP contribution in [0.15, 0.2) is 40.8 Å². The molecule has 1 unspecified atom stereocenters. The molecule has 3 nitrogen and oxygen atoms in total. The minimum Gasteiger partial charge on any atom is -0.466 e. The number of furan rings is 1. The van der Waals surface area contributed by atoms with E-state index in [1.54, 1.807) is 38.5 Å². The molecule has 0 saturated heterocycles. The van der Waals surface area contributed by atoms with E-state index in [9.17, 15) is 0 Å². The molecule has 152 valence electrons. The van der Waals surface area contributed by atoms with Gasteiger partial charge in [0.05, 0.1) is 14.9 Å². The van der Waals surface area contributed by atoms with E-state index in [0.717, 1.165) is 5.56 Å². The van der Waals surface area contributed by atoms with E-state index in [1.807, 2.05) is 25.1 Å². The van der Waals surface area contributed by atoms with E-state index < -0.39 is 18.6 Å². The number of benzene rings is 2. The van der Waals surface area contributed by atoms with Crippen molar-refractivity contribution in [2.45, 2.75) is 53.3 Å². The maximum absolute atomic E-state index is 9.07. The normalized spacial score (nSPS) is 17.8. The van der Waals surface area contributed by atoms with Crippen LogP contribution in [0.1, 0.15) is 71.4 Å². The van der Waals surface area contributed by atoms with Gasteiger partial charge < -0.3 is 4.42 Å². The van der Waals surface area contributed by atoms with Gasteiger partial charge in [-0.2, -0.15) is 4.57 Å². The Bertz CT molecular complexity index is 1630. The highest BCUT2D eigenvalue weighted by Gasteiger charge is 2.24. The Morgan fingerprint density at radius 2 is 1.77 bits per heavy atom. The van der Waals surface area contributed by atoms with Crippen molar-refractivity contribution in [1.82, 2.24) is 0 Å². The molecule has 0 bridgehead atoms. The Labute approximate surface area is 188 Å². The predicted octanol–water partition coefficient (Wildman–Crippen LogP) is 7.49. The minimum atomic E-state index is -2.76. The van der Waals surface area contributed by atoms with Crippen LogP contribution < -0.4 is 4.57 Å². The van der Waals surface area contributed by atoms with Crippen molar-refractivity contribution < 1.29 is 18.6 Å². The minimum absolute atomic E-state index is 0.156. The lowest BCUT2D eigenvalue weighted by Gasteiger charge is -2.11. The molecule has 0 N–H and O–H groups in total. The molecule has 1 atom stereocenters. The molecular formula is C27H29N2O+. The molecule has 2 aromatic carbocycles. The highest BCUT2D eigenvalue weighted by molar-refractivity contribution is 6.13. The summed E-state index contributed by atoms with van der Waals surface area (Å²) in [7, 11) is 1.70. The van der Waals surface area contributed by atoms with Gasteiger partial charge in [0.2, 0.25) is 11.4 Å². The molecule has 0 aliphatic rings. The maximum atomic E-state index is 9.07. The number of pyridine rings is 1. The summed E-state index contributed by atoms with van der Waals surface area (Å²) >= 11 is 0. The third-order valence-electron chi connectivity index (χ3n) is 5.64. The molecular weight excluding hydrogens is 368 g/mol. The summed E-state index contributed by atoms with van der Waals surface area (Å²) in [5, 5.41) is 1.42. The van der Waals surface area contributed by atoms with Crippen molar-refractivity contribution in [3.63, 3.8) is 0 Å². The topological polar surface area (TPSA) is 21.4 Å². The van der Waals surface area contributed by atoms with Crippen molar-refractivity contribution in [1.29, 1.82) is 0 Å². The zero-order chi connectivity index (χ0) is 27.8. The van der Waals surface area contributed by atoms with Crippen LogP contribution >= 0.6 is 0 Å². The lowest BCUT2D eigenvalue weighted by atomic mass is 9.95. The van der Waals surface area contributed by atoms with Gasteiger partial charge in [0.15, 0.2) is 5.69 Å². The highest BCUT2D eigenvalue weighted by Crippen LogP contribution is 2.43. The molecule has 0 amide bonds. The summed E-state index contributed by atoms with van der Waals surface area (Å²) in [6, 6.07) is 6.98. The molecule has 3 heteroatoms. The van der Waals surface area contributed by atoms with Gasteiger partial charge in [-0.15, -0.1) is 0 Å². The molecule has 0 aliphatic heterocycles. The van der Waals surface area contributed by atoms with Crippen LogP contribution in [-0.2, 0) is 7.05 Å². The summed E-state index contributed by atoms with van der Waals surface area (Å²) in [6.45, 7) is 13.2. The molecule has 30 heavy (non-hydrogen) atoms. The van der Waals surface area contributed by atoms with Crippen molar-refractivity contribution >= 4 is 27.6 Å². The van der Waals surface area contributed by atoms with Crippen LogP contribution in [0.3, 0.4) is 0 Å². The maximum Gasteiger partial charge on any atom is 0.232 e. The van der Waals surface area contributed by atoms with Crippen LogP contribution in [0.25, 0.3) is 38.0 Å². The Balaban J connectivity index is 2.20. The molecule has 0 aliphatic carbocycles. The van der Waals surface area contributed by atoms with Crippen molar-refractivity contribution in [2.75, 3.05) is 0 Å². The van der Waals surface area contributed by atoms with Crippen LogP contribution in [-0.4, -0.2) is 0 Å². The molecule has 4 aromatic rings. The van der Waals surface area contributed by atoms with E-state index in [0.29, 0.717) is 44.5 Å². The molecule has 2 heterocycles. The third kappa shape index (κ3) is 2.99. The standard InChI is InChI=1S/C27H29N2O/c1-15(2)19-13-18(6)29(8)23(14-19)24-17(5)9-10-21-22-12-11-20(16(3)4)25(28-7)27(22)30-26(21)24/h9-16H,1-6,8H3/q+1/i1D3,13D,14D,15D,16D. The number of fused-ring (bicyclic) bond motifs is 3. The molecule has 0 fully saturated rings. The van der Waals surface area contributed by atoms with E-state index in [4.69, 9.17) is 20.6 Å². The van der Waals surface area contributed by atoms with Gasteiger partial charge in [0.1, 0.15) is 18.2 Å². The summed E-state index contributed by atoms with van der Waals surface area (Å²) in [5.41, 5.74) is 3.43. The third-order valence-corrected chi connectivity index (χ3v) is 5.64. The summed E-state index contributed by atoms with van der Waals surface area (Å²) < 4.78 is 66.7. The van der Waals surface area contributed by atoms with E-state index in [2.05, 4.69) is 4.85 Å². The van der Waals surface area contributed by atoms with Gasteiger partial charge in [0, 0.05) is 36.6 Å². The molecule has 2 aromatic heterocycles. The van der Waals surface area contributed by atoms with E-state index in [-0.39, 0.29) is 23.3 Å². The molecule has 0 radical (unpaired) electrons. The zero-order valence-electron chi connectivity index (χ0n) is 25.1. The number of aromatic nitrogens is 1. The second-order valence-electron chi connectivity index (χ2n) is 7.93. The largest absolute Gasteiger partial charge is 0.466 e. The van der Waals surface area contributed by atoms with Crippen molar-refractivity contribution in [3.8, 4) is 11.3 Å². The van der Waals surface area contributed by atoms with Gasteiger partial charge in [-0.25, -0.2) is 4.85 Å². The zero-order valence-corrected chi connectivity index (χ0v) is 18.1. The van der Waals surface area contributed by atoms with Crippen LogP contribution in [0.4, 0.5) is 5.69 Å². The first-order chi connectivity index (χ1) is 16.9. The smallest absolute Gasteiger partial charge is 0.232 e. The Hall–Kier alpha value is -3.12. The Kier molecular flexibility index (Phi) is 3.22. The van der Waals surface area contributed by atoms with Crippen molar-refractivity contribution in [2.24, 2.45) is 7.05 Å². The monoisotopic (exact) mass is 404 g/mol. The Morgan fingerprint density at radius 3 is 2.43 bits per heavy atom. The van der Waals surface area contributed by atoms with Crippen LogP contribution in [0.2, 0.25) is 0 Å². The number of hydrogen-bond donors (Lipinski definition) is 0. The summed E-state index contributed by atoms with van der Waals surface area (Å²) in [5.74, 6) is -3.20. The highest BCUT2D eigenvalue weighted by atomic mass is 16.3. The summed E-state index contributed by atoms with van der Waals surface area (Å²) in [4.78, 5) is 3.70. The van der Waals surface area contributed by atoms with Gasteiger partial charge in [-0.1, -0.05) is 51.9 Å².